The number of carbonyl (C=O) groups is 1. The number of carbonyl (C=O) groups excluding carboxylic acids is 1. The molecule has 0 N–H and O–H groups in total. The SMILES string of the molecule is COCC12c3ccccc3C(c3ccccc31)[C@H]1[C@@H]2[C@H](OC(=O)[C@@H]2C[C@@H]3C=C[C@H]2CC3)[C@@H]2OC[C@H]1O2. The van der Waals surface area contributed by atoms with Gasteiger partial charge in [-0.15, -0.1) is 0 Å². The van der Waals surface area contributed by atoms with Gasteiger partial charge in [0, 0.05) is 24.9 Å². The smallest absolute Gasteiger partial charge is 0.310 e. The first-order valence-electron chi connectivity index (χ1n) is 13.5. The molecule has 0 spiro atoms. The van der Waals surface area contributed by atoms with Crippen LogP contribution in [0, 0.1) is 29.6 Å². The molecule has 1 saturated carbocycles. The minimum Gasteiger partial charge on any atom is -0.456 e. The van der Waals surface area contributed by atoms with E-state index in [4.69, 9.17) is 18.9 Å². The van der Waals surface area contributed by atoms with Crippen LogP contribution >= 0.6 is 0 Å². The van der Waals surface area contributed by atoms with Gasteiger partial charge in [-0.3, -0.25) is 4.79 Å². The molecule has 186 valence electrons. The molecule has 2 aromatic carbocycles. The lowest BCUT2D eigenvalue weighted by atomic mass is 9.44. The van der Waals surface area contributed by atoms with Crippen molar-refractivity contribution in [2.24, 2.45) is 29.6 Å². The van der Waals surface area contributed by atoms with Crippen LogP contribution in [0.4, 0.5) is 0 Å². The van der Waals surface area contributed by atoms with Crippen LogP contribution < -0.4 is 0 Å². The van der Waals surface area contributed by atoms with Crippen molar-refractivity contribution in [3.63, 3.8) is 0 Å². The molecule has 2 aliphatic heterocycles. The molecule has 5 nitrogen and oxygen atoms in total. The van der Waals surface area contributed by atoms with Crippen molar-refractivity contribution >= 4 is 5.97 Å². The van der Waals surface area contributed by atoms with Crippen LogP contribution in [0.15, 0.2) is 60.7 Å². The van der Waals surface area contributed by atoms with Gasteiger partial charge < -0.3 is 18.9 Å². The van der Waals surface area contributed by atoms with Gasteiger partial charge in [-0.1, -0.05) is 60.7 Å². The second kappa shape index (κ2) is 7.77. The third-order valence-electron chi connectivity index (χ3n) is 10.2. The molecule has 0 radical (unpaired) electrons. The zero-order chi connectivity index (χ0) is 24.0. The van der Waals surface area contributed by atoms with E-state index in [2.05, 4.69) is 60.7 Å². The topological polar surface area (TPSA) is 54.0 Å². The molecular weight excluding hydrogens is 452 g/mol. The number of hydrogen-bond donors (Lipinski definition) is 0. The van der Waals surface area contributed by atoms with Crippen LogP contribution in [-0.4, -0.2) is 44.8 Å². The Bertz CT molecular complexity index is 1200. The average Bonchev–Trinajstić information content (AvgIpc) is 3.36. The van der Waals surface area contributed by atoms with E-state index in [0.717, 1.165) is 12.8 Å². The van der Waals surface area contributed by atoms with E-state index >= 15 is 0 Å². The molecule has 6 aliphatic carbocycles. The van der Waals surface area contributed by atoms with Gasteiger partial charge in [-0.25, -0.2) is 0 Å². The maximum absolute atomic E-state index is 13.8. The average molecular weight is 485 g/mol. The predicted octanol–water partition coefficient (Wildman–Crippen LogP) is 4.58. The van der Waals surface area contributed by atoms with Gasteiger partial charge in [0.15, 0.2) is 12.4 Å². The van der Waals surface area contributed by atoms with Gasteiger partial charge >= 0.3 is 5.97 Å². The van der Waals surface area contributed by atoms with Crippen LogP contribution in [0.25, 0.3) is 0 Å². The van der Waals surface area contributed by atoms with Crippen LogP contribution in [0.2, 0.25) is 0 Å². The monoisotopic (exact) mass is 484 g/mol. The van der Waals surface area contributed by atoms with Crippen LogP contribution in [0.3, 0.4) is 0 Å². The van der Waals surface area contributed by atoms with E-state index < -0.39 is 17.8 Å². The molecule has 10 rings (SSSR count). The summed E-state index contributed by atoms with van der Waals surface area (Å²) in [5, 5.41) is 0. The van der Waals surface area contributed by atoms with Gasteiger partial charge in [0.25, 0.3) is 0 Å². The number of esters is 1. The zero-order valence-corrected chi connectivity index (χ0v) is 20.5. The fourth-order valence-corrected chi connectivity index (χ4v) is 8.93. The summed E-state index contributed by atoms with van der Waals surface area (Å²) >= 11 is 0. The standard InChI is InChI=1S/C31H32O5/c1-33-16-31-22-8-4-2-6-19(22)25(20-7-3-5-9-23(20)31)26-24-15-34-30(35-24)28(27(26)31)36-29(32)21-14-17-10-12-18(21)13-11-17/h2-10,12,17-18,21,24-28,30H,11,13-16H2,1H3/t17-,18+,21-,24-,25?,26+,27-,28+,30-,31?/m1/s1. The Kier molecular flexibility index (Phi) is 4.66. The predicted molar refractivity (Wildman–Crippen MR) is 132 cm³/mol. The highest BCUT2D eigenvalue weighted by atomic mass is 16.7. The number of ether oxygens (including phenoxy) is 4. The molecule has 0 aromatic heterocycles. The number of benzene rings is 2. The van der Waals surface area contributed by atoms with E-state index in [-0.39, 0.29) is 41.7 Å². The molecule has 2 aromatic rings. The normalized spacial score (nSPS) is 42.5. The van der Waals surface area contributed by atoms with E-state index in [9.17, 15) is 4.79 Å². The Morgan fingerprint density at radius 1 is 1.03 bits per heavy atom. The quantitative estimate of drug-likeness (QED) is 0.470. The number of rotatable bonds is 4. The Hall–Kier alpha value is -2.47. The van der Waals surface area contributed by atoms with Gasteiger partial charge in [0.2, 0.25) is 0 Å². The summed E-state index contributed by atoms with van der Waals surface area (Å²) in [4.78, 5) is 13.8. The Morgan fingerprint density at radius 2 is 1.78 bits per heavy atom. The lowest BCUT2D eigenvalue weighted by molar-refractivity contribution is -0.233. The van der Waals surface area contributed by atoms with Crippen molar-refractivity contribution in [1.29, 1.82) is 0 Å². The summed E-state index contributed by atoms with van der Waals surface area (Å²) in [5.41, 5.74) is 4.88. The number of allylic oxidation sites excluding steroid dienone is 2. The fraction of sp³-hybridized carbons (Fsp3) is 0.516. The molecule has 0 amide bonds. The molecule has 6 bridgehead atoms. The minimum absolute atomic E-state index is 0.0217. The number of hydrogen-bond acceptors (Lipinski definition) is 5. The largest absolute Gasteiger partial charge is 0.456 e. The lowest BCUT2D eigenvalue weighted by Crippen LogP contribution is -2.65. The number of methoxy groups -OCH3 is 1. The van der Waals surface area contributed by atoms with Crippen LogP contribution in [0.1, 0.15) is 47.4 Å². The summed E-state index contributed by atoms with van der Waals surface area (Å²) in [6, 6.07) is 17.6. The molecule has 8 aliphatic rings. The minimum atomic E-state index is -0.524. The highest BCUT2D eigenvalue weighted by Crippen LogP contribution is 2.66. The van der Waals surface area contributed by atoms with E-state index in [1.54, 1.807) is 7.11 Å². The zero-order valence-electron chi connectivity index (χ0n) is 20.5. The summed E-state index contributed by atoms with van der Waals surface area (Å²) in [7, 11) is 1.78. The Balaban J connectivity index is 1.28. The van der Waals surface area contributed by atoms with Gasteiger partial charge in [-0.05, 0) is 53.4 Å². The van der Waals surface area contributed by atoms with Crippen molar-refractivity contribution in [3.8, 4) is 0 Å². The molecule has 2 heterocycles. The van der Waals surface area contributed by atoms with E-state index in [0.29, 0.717) is 19.1 Å². The molecule has 36 heavy (non-hydrogen) atoms. The lowest BCUT2D eigenvalue weighted by Gasteiger charge is -2.61. The highest BCUT2D eigenvalue weighted by molar-refractivity contribution is 5.74. The van der Waals surface area contributed by atoms with Crippen molar-refractivity contribution in [2.75, 3.05) is 20.3 Å². The molecule has 8 atom stereocenters. The van der Waals surface area contributed by atoms with Crippen LogP contribution in [0.5, 0.6) is 0 Å². The third-order valence-corrected chi connectivity index (χ3v) is 10.2. The third kappa shape index (κ3) is 2.69. The van der Waals surface area contributed by atoms with Crippen molar-refractivity contribution < 1.29 is 23.7 Å². The second-order valence-electron chi connectivity index (χ2n) is 11.7. The highest BCUT2D eigenvalue weighted by Gasteiger charge is 2.68. The Labute approximate surface area is 211 Å². The molecular formula is C31H32O5. The molecule has 2 saturated heterocycles. The maximum atomic E-state index is 13.8. The molecule has 5 heteroatoms. The molecule has 3 fully saturated rings. The van der Waals surface area contributed by atoms with Crippen molar-refractivity contribution in [3.05, 3.63) is 82.9 Å². The first kappa shape index (κ1) is 21.6. The van der Waals surface area contributed by atoms with Crippen molar-refractivity contribution in [2.45, 2.75) is 49.1 Å². The van der Waals surface area contributed by atoms with Gasteiger partial charge in [0.1, 0.15) is 0 Å². The van der Waals surface area contributed by atoms with Gasteiger partial charge in [-0.2, -0.15) is 0 Å². The number of fused-ring (bicyclic) bond motifs is 4. The fourth-order valence-electron chi connectivity index (χ4n) is 8.93. The van der Waals surface area contributed by atoms with E-state index in [1.165, 1.54) is 28.7 Å². The van der Waals surface area contributed by atoms with Crippen molar-refractivity contribution in [1.82, 2.24) is 0 Å². The molecule has 0 unspecified atom stereocenters. The summed E-state index contributed by atoms with van der Waals surface area (Å²) in [6.45, 7) is 1.07. The maximum Gasteiger partial charge on any atom is 0.310 e. The van der Waals surface area contributed by atoms with E-state index in [1.807, 2.05) is 0 Å². The second-order valence-corrected chi connectivity index (χ2v) is 11.7. The van der Waals surface area contributed by atoms with Crippen LogP contribution in [-0.2, 0) is 29.2 Å². The summed E-state index contributed by atoms with van der Waals surface area (Å²) in [6.07, 6.45) is 6.68. The van der Waals surface area contributed by atoms with Gasteiger partial charge in [0.05, 0.1) is 30.7 Å². The summed E-state index contributed by atoms with van der Waals surface area (Å²) in [5.74, 6) is 1.01. The first-order chi connectivity index (χ1) is 17.7. The Morgan fingerprint density at radius 3 is 2.42 bits per heavy atom. The first-order valence-corrected chi connectivity index (χ1v) is 13.5. The summed E-state index contributed by atoms with van der Waals surface area (Å²) < 4.78 is 25.3.